The molecule has 0 bridgehead atoms. The monoisotopic (exact) mass is 286 g/mol. The van der Waals surface area contributed by atoms with Gasteiger partial charge in [-0.05, 0) is 30.2 Å². The van der Waals surface area contributed by atoms with Crippen molar-refractivity contribution in [1.29, 1.82) is 0 Å². The number of nitrogens with two attached hydrogens (primary N) is 1. The molecule has 22 heavy (non-hydrogen) atoms. The quantitative estimate of drug-likeness (QED) is 0.861. The van der Waals surface area contributed by atoms with Gasteiger partial charge < -0.3 is 10.6 Å². The summed E-state index contributed by atoms with van der Waals surface area (Å²) in [6.45, 7) is 2.11. The predicted molar refractivity (Wildman–Crippen MR) is 91.6 cm³/mol. The molecule has 1 atom stereocenters. The van der Waals surface area contributed by atoms with Crippen molar-refractivity contribution in [3.05, 3.63) is 95.3 Å². The van der Waals surface area contributed by atoms with Crippen LogP contribution in [0.2, 0.25) is 0 Å². The highest BCUT2D eigenvalue weighted by atomic mass is 15.1. The minimum atomic E-state index is -0.0198. The fraction of sp³-hybridized carbons (Fsp3) is 0.100. The maximum atomic E-state index is 6.05. The van der Waals surface area contributed by atoms with E-state index in [9.17, 15) is 0 Å². The second-order valence-corrected chi connectivity index (χ2v) is 5.83. The van der Waals surface area contributed by atoms with Crippen LogP contribution in [-0.2, 0) is 0 Å². The molecule has 2 aliphatic rings. The van der Waals surface area contributed by atoms with Crippen molar-refractivity contribution in [2.75, 3.05) is 0 Å². The van der Waals surface area contributed by atoms with E-state index < -0.39 is 0 Å². The highest BCUT2D eigenvalue weighted by Crippen LogP contribution is 2.38. The maximum Gasteiger partial charge on any atom is 0.0506 e. The first-order chi connectivity index (χ1) is 10.7. The van der Waals surface area contributed by atoms with Crippen LogP contribution in [0.5, 0.6) is 0 Å². The van der Waals surface area contributed by atoms with Crippen LogP contribution in [0.3, 0.4) is 0 Å². The average Bonchev–Trinajstić information content (AvgIpc) is 2.55. The number of aryl methyl sites for hydroxylation is 1. The van der Waals surface area contributed by atoms with Crippen LogP contribution in [0, 0.1) is 6.92 Å². The van der Waals surface area contributed by atoms with Gasteiger partial charge in [0, 0.05) is 29.6 Å². The van der Waals surface area contributed by atoms with E-state index in [2.05, 4.69) is 78.8 Å². The Morgan fingerprint density at radius 1 is 0.955 bits per heavy atom. The number of fused-ring (bicyclic) bond motifs is 3. The minimum absolute atomic E-state index is 0.0198. The molecule has 2 N–H and O–H groups in total. The Kier molecular flexibility index (Phi) is 2.98. The van der Waals surface area contributed by atoms with E-state index in [4.69, 9.17) is 5.73 Å². The molecule has 0 radical (unpaired) electrons. The maximum absolute atomic E-state index is 6.05. The molecule has 2 aromatic rings. The number of hydrogen-bond acceptors (Lipinski definition) is 2. The molecule has 0 spiro atoms. The van der Waals surface area contributed by atoms with Gasteiger partial charge in [0.1, 0.15) is 0 Å². The first-order valence-corrected chi connectivity index (χ1v) is 7.55. The molecule has 2 aliphatic heterocycles. The van der Waals surface area contributed by atoms with E-state index in [1.807, 2.05) is 6.08 Å². The van der Waals surface area contributed by atoms with Crippen LogP contribution in [0.1, 0.15) is 22.3 Å². The normalized spacial score (nSPS) is 19.2. The summed E-state index contributed by atoms with van der Waals surface area (Å²) in [6.07, 6.45) is 8.38. The zero-order chi connectivity index (χ0) is 15.1. The molecule has 2 heterocycles. The Hall–Kier alpha value is -2.58. The first-order valence-electron chi connectivity index (χ1n) is 7.55. The van der Waals surface area contributed by atoms with Gasteiger partial charge in [-0.15, -0.1) is 0 Å². The van der Waals surface area contributed by atoms with E-state index in [-0.39, 0.29) is 6.04 Å². The van der Waals surface area contributed by atoms with E-state index in [1.54, 1.807) is 0 Å². The zero-order valence-electron chi connectivity index (χ0n) is 12.5. The molecule has 1 unspecified atom stereocenters. The zero-order valence-corrected chi connectivity index (χ0v) is 12.5. The van der Waals surface area contributed by atoms with Crippen molar-refractivity contribution in [1.82, 2.24) is 4.90 Å². The van der Waals surface area contributed by atoms with Crippen molar-refractivity contribution in [3.8, 4) is 0 Å². The van der Waals surface area contributed by atoms with E-state index in [1.165, 1.54) is 33.5 Å². The Bertz CT molecular complexity index is 810. The highest BCUT2D eigenvalue weighted by molar-refractivity contribution is 5.91. The van der Waals surface area contributed by atoms with Crippen LogP contribution in [0.15, 0.2) is 73.1 Å². The highest BCUT2D eigenvalue weighted by Gasteiger charge is 2.23. The molecular weight excluding hydrogens is 268 g/mol. The summed E-state index contributed by atoms with van der Waals surface area (Å²) >= 11 is 0. The van der Waals surface area contributed by atoms with E-state index in [0.717, 1.165) is 0 Å². The lowest BCUT2D eigenvalue weighted by Crippen LogP contribution is -2.25. The molecule has 0 fully saturated rings. The summed E-state index contributed by atoms with van der Waals surface area (Å²) in [5, 5.41) is 0. The largest absolute Gasteiger partial charge is 0.323 e. The molecule has 4 rings (SSSR count). The lowest BCUT2D eigenvalue weighted by Gasteiger charge is -2.32. The van der Waals surface area contributed by atoms with Crippen LogP contribution < -0.4 is 5.73 Å². The van der Waals surface area contributed by atoms with Crippen molar-refractivity contribution in [2.45, 2.75) is 13.0 Å². The van der Waals surface area contributed by atoms with E-state index >= 15 is 0 Å². The van der Waals surface area contributed by atoms with Crippen molar-refractivity contribution in [2.24, 2.45) is 5.73 Å². The molecule has 0 aliphatic carbocycles. The SMILES string of the molecule is Cc1ccc(C2=CN3C=CC(N)C=C3c3ccccc32)cc1. The van der Waals surface area contributed by atoms with Gasteiger partial charge in [0.25, 0.3) is 0 Å². The van der Waals surface area contributed by atoms with Gasteiger partial charge in [-0.2, -0.15) is 0 Å². The molecule has 108 valence electrons. The topological polar surface area (TPSA) is 29.3 Å². The number of hydrogen-bond donors (Lipinski definition) is 1. The van der Waals surface area contributed by atoms with Crippen molar-refractivity contribution < 1.29 is 0 Å². The second-order valence-electron chi connectivity index (χ2n) is 5.83. The third-order valence-corrected chi connectivity index (χ3v) is 4.22. The molecular formula is C20H18N2. The summed E-state index contributed by atoms with van der Waals surface area (Å²) in [4.78, 5) is 2.17. The van der Waals surface area contributed by atoms with Gasteiger partial charge in [0.15, 0.2) is 0 Å². The fourth-order valence-electron chi connectivity index (χ4n) is 3.05. The number of rotatable bonds is 1. The molecule has 0 amide bonds. The van der Waals surface area contributed by atoms with Crippen LogP contribution >= 0.6 is 0 Å². The first kappa shape index (κ1) is 13.1. The predicted octanol–water partition coefficient (Wildman–Crippen LogP) is 3.90. The Balaban J connectivity index is 1.91. The molecule has 0 saturated carbocycles. The molecule has 2 heteroatoms. The summed E-state index contributed by atoms with van der Waals surface area (Å²) < 4.78 is 0. The van der Waals surface area contributed by atoms with Crippen LogP contribution in [-0.4, -0.2) is 10.9 Å². The van der Waals surface area contributed by atoms with Crippen molar-refractivity contribution >= 4 is 11.3 Å². The molecule has 2 aromatic carbocycles. The number of benzene rings is 2. The Morgan fingerprint density at radius 3 is 2.45 bits per heavy atom. The molecule has 0 saturated heterocycles. The fourth-order valence-corrected chi connectivity index (χ4v) is 3.05. The van der Waals surface area contributed by atoms with Crippen LogP contribution in [0.25, 0.3) is 11.3 Å². The van der Waals surface area contributed by atoms with Gasteiger partial charge >= 0.3 is 0 Å². The Labute approximate surface area is 130 Å². The minimum Gasteiger partial charge on any atom is -0.323 e. The van der Waals surface area contributed by atoms with Gasteiger partial charge in [0.05, 0.1) is 5.70 Å². The summed E-state index contributed by atoms with van der Waals surface area (Å²) in [5.41, 5.74) is 13.5. The van der Waals surface area contributed by atoms with E-state index in [0.29, 0.717) is 0 Å². The third kappa shape index (κ3) is 2.09. The average molecular weight is 286 g/mol. The smallest absolute Gasteiger partial charge is 0.0506 e. The molecule has 0 aromatic heterocycles. The van der Waals surface area contributed by atoms with Crippen LogP contribution in [0.4, 0.5) is 0 Å². The summed E-state index contributed by atoms with van der Waals surface area (Å²) in [6, 6.07) is 17.2. The molecule has 2 nitrogen and oxygen atoms in total. The van der Waals surface area contributed by atoms with Gasteiger partial charge in [-0.3, -0.25) is 0 Å². The summed E-state index contributed by atoms with van der Waals surface area (Å²) in [7, 11) is 0. The van der Waals surface area contributed by atoms with Crippen molar-refractivity contribution in [3.63, 3.8) is 0 Å². The standard InChI is InChI=1S/C20H18N2/c1-14-6-8-15(9-7-14)19-13-22-11-10-16(21)12-20(22)18-5-3-2-4-17(18)19/h2-13,16H,21H2,1H3. The van der Waals surface area contributed by atoms with Gasteiger partial charge in [-0.1, -0.05) is 54.1 Å². The Morgan fingerprint density at radius 2 is 1.68 bits per heavy atom. The lowest BCUT2D eigenvalue weighted by molar-refractivity contribution is 0.690. The van der Waals surface area contributed by atoms with Gasteiger partial charge in [-0.25, -0.2) is 0 Å². The number of nitrogens with zero attached hydrogens (tertiary/aromatic N) is 1. The second kappa shape index (κ2) is 5.00. The lowest BCUT2D eigenvalue weighted by atomic mass is 9.88. The summed E-state index contributed by atoms with van der Waals surface area (Å²) in [5.74, 6) is 0. The van der Waals surface area contributed by atoms with Gasteiger partial charge in [0.2, 0.25) is 0 Å². The third-order valence-electron chi connectivity index (χ3n) is 4.22.